The SMILES string of the molecule is COC(=O)C[C@@H](N=C=S)C(=O)OC. The molecule has 0 rings (SSSR count). The molecule has 1 atom stereocenters. The van der Waals surface area contributed by atoms with E-state index in [1.54, 1.807) is 0 Å². The second-order valence-corrected chi connectivity index (χ2v) is 2.22. The molecule has 0 aliphatic heterocycles. The number of methoxy groups -OCH3 is 2. The molecule has 0 heterocycles. The first kappa shape index (κ1) is 11.7. The van der Waals surface area contributed by atoms with Crippen LogP contribution in [0.25, 0.3) is 0 Å². The number of rotatable bonds is 4. The van der Waals surface area contributed by atoms with E-state index >= 15 is 0 Å². The molecule has 0 radical (unpaired) electrons. The number of hydrogen-bond acceptors (Lipinski definition) is 6. The summed E-state index contributed by atoms with van der Waals surface area (Å²) in [6.45, 7) is 0. The number of nitrogens with zero attached hydrogens (tertiary/aromatic N) is 1. The molecule has 5 nitrogen and oxygen atoms in total. The molecule has 0 aromatic heterocycles. The summed E-state index contributed by atoms with van der Waals surface area (Å²) in [7, 11) is 2.42. The summed E-state index contributed by atoms with van der Waals surface area (Å²) in [5.41, 5.74) is 0. The summed E-state index contributed by atoms with van der Waals surface area (Å²) in [5, 5.41) is 2.01. The summed E-state index contributed by atoms with van der Waals surface area (Å²) in [4.78, 5) is 25.2. The first-order valence-corrected chi connectivity index (χ1v) is 3.78. The van der Waals surface area contributed by atoms with Crippen molar-refractivity contribution < 1.29 is 19.1 Å². The zero-order valence-electron chi connectivity index (χ0n) is 7.27. The van der Waals surface area contributed by atoms with Crippen LogP contribution in [0, 0.1) is 0 Å². The Hall–Kier alpha value is -1.26. The lowest BCUT2D eigenvalue weighted by Crippen LogP contribution is -2.24. The molecular formula is C7H9NO4S. The Morgan fingerprint density at radius 1 is 1.46 bits per heavy atom. The van der Waals surface area contributed by atoms with E-state index in [0.717, 1.165) is 0 Å². The zero-order valence-corrected chi connectivity index (χ0v) is 8.09. The highest BCUT2D eigenvalue weighted by molar-refractivity contribution is 7.78. The minimum Gasteiger partial charge on any atom is -0.469 e. The number of carbonyl (C=O) groups is 2. The van der Waals surface area contributed by atoms with Crippen LogP contribution in [-0.4, -0.2) is 37.4 Å². The number of isothiocyanates is 1. The number of thiocarbonyl (C=S) groups is 1. The normalized spacial score (nSPS) is 10.9. The maximum atomic E-state index is 10.9. The van der Waals surface area contributed by atoms with Crippen LogP contribution < -0.4 is 0 Å². The Morgan fingerprint density at radius 2 is 2.08 bits per heavy atom. The molecule has 0 saturated carbocycles. The van der Waals surface area contributed by atoms with Gasteiger partial charge in [-0.15, -0.1) is 0 Å². The molecule has 0 aliphatic carbocycles. The second-order valence-electron chi connectivity index (χ2n) is 2.04. The van der Waals surface area contributed by atoms with Crippen molar-refractivity contribution in [1.29, 1.82) is 0 Å². The van der Waals surface area contributed by atoms with Gasteiger partial charge >= 0.3 is 11.9 Å². The lowest BCUT2D eigenvalue weighted by molar-refractivity contribution is -0.148. The summed E-state index contributed by atoms with van der Waals surface area (Å²) < 4.78 is 8.74. The van der Waals surface area contributed by atoms with Crippen molar-refractivity contribution in [1.82, 2.24) is 0 Å². The van der Waals surface area contributed by atoms with Crippen LogP contribution in [-0.2, 0) is 19.1 Å². The Balaban J connectivity index is 4.34. The molecule has 0 unspecified atom stereocenters. The van der Waals surface area contributed by atoms with Crippen molar-refractivity contribution in [2.75, 3.05) is 14.2 Å². The molecule has 0 aromatic rings. The smallest absolute Gasteiger partial charge is 0.332 e. The Morgan fingerprint density at radius 3 is 2.46 bits per heavy atom. The van der Waals surface area contributed by atoms with Gasteiger partial charge in [-0.3, -0.25) is 4.79 Å². The first-order valence-electron chi connectivity index (χ1n) is 3.37. The van der Waals surface area contributed by atoms with E-state index in [2.05, 4.69) is 26.7 Å². The largest absolute Gasteiger partial charge is 0.469 e. The van der Waals surface area contributed by atoms with Gasteiger partial charge in [0, 0.05) is 0 Å². The maximum Gasteiger partial charge on any atom is 0.332 e. The minimum atomic E-state index is -0.949. The van der Waals surface area contributed by atoms with Gasteiger partial charge in [0.2, 0.25) is 0 Å². The van der Waals surface area contributed by atoms with Crippen LogP contribution in [0.2, 0.25) is 0 Å². The molecule has 0 amide bonds. The summed E-state index contributed by atoms with van der Waals surface area (Å²) in [5.74, 6) is -1.19. The summed E-state index contributed by atoms with van der Waals surface area (Å²) >= 11 is 4.31. The molecule has 0 aliphatic rings. The van der Waals surface area contributed by atoms with Crippen LogP contribution in [0.3, 0.4) is 0 Å². The molecule has 0 aromatic carbocycles. The summed E-state index contributed by atoms with van der Waals surface area (Å²) in [6, 6.07) is -0.949. The van der Waals surface area contributed by atoms with Crippen molar-refractivity contribution in [3.05, 3.63) is 0 Å². The van der Waals surface area contributed by atoms with Crippen molar-refractivity contribution in [2.24, 2.45) is 4.99 Å². The Labute approximate surface area is 80.7 Å². The third-order valence-electron chi connectivity index (χ3n) is 1.27. The zero-order chi connectivity index (χ0) is 10.3. The molecule has 13 heavy (non-hydrogen) atoms. The predicted octanol–water partition coefficient (Wildman–Crippen LogP) is 0.194. The molecule has 0 fully saturated rings. The lowest BCUT2D eigenvalue weighted by Gasteiger charge is -2.06. The van der Waals surface area contributed by atoms with Gasteiger partial charge in [-0.1, -0.05) is 0 Å². The number of hydrogen-bond donors (Lipinski definition) is 0. The highest BCUT2D eigenvalue weighted by Crippen LogP contribution is 2.01. The topological polar surface area (TPSA) is 65.0 Å². The number of esters is 2. The van der Waals surface area contributed by atoms with Gasteiger partial charge in [0.25, 0.3) is 0 Å². The standard InChI is InChI=1S/C7H9NO4S/c1-11-6(9)3-5(8-4-13)7(10)12-2/h5H,3H2,1-2H3/t5-/m1/s1. The van der Waals surface area contributed by atoms with Gasteiger partial charge in [0.15, 0.2) is 6.04 Å². The highest BCUT2D eigenvalue weighted by Gasteiger charge is 2.21. The fourth-order valence-electron chi connectivity index (χ4n) is 0.623. The highest BCUT2D eigenvalue weighted by atomic mass is 32.1. The van der Waals surface area contributed by atoms with Crippen molar-refractivity contribution in [2.45, 2.75) is 12.5 Å². The van der Waals surface area contributed by atoms with Gasteiger partial charge in [-0.2, -0.15) is 0 Å². The van der Waals surface area contributed by atoms with Crippen molar-refractivity contribution in [3.8, 4) is 0 Å². The molecule has 0 N–H and O–H groups in total. The van der Waals surface area contributed by atoms with Gasteiger partial charge < -0.3 is 9.47 Å². The predicted molar refractivity (Wildman–Crippen MR) is 47.5 cm³/mol. The van der Waals surface area contributed by atoms with E-state index < -0.39 is 18.0 Å². The maximum absolute atomic E-state index is 10.9. The molecule has 72 valence electrons. The molecule has 0 bridgehead atoms. The average molecular weight is 203 g/mol. The number of ether oxygens (including phenoxy) is 2. The van der Waals surface area contributed by atoms with E-state index in [1.165, 1.54) is 14.2 Å². The van der Waals surface area contributed by atoms with Gasteiger partial charge in [-0.25, -0.2) is 9.79 Å². The Kier molecular flexibility index (Phi) is 5.67. The quantitative estimate of drug-likeness (QED) is 0.371. The monoisotopic (exact) mass is 203 g/mol. The molecule has 0 saturated heterocycles. The first-order chi connectivity index (χ1) is 6.15. The third kappa shape index (κ3) is 4.35. The average Bonchev–Trinajstić information content (AvgIpc) is 2.15. The van der Waals surface area contributed by atoms with E-state index in [4.69, 9.17) is 0 Å². The lowest BCUT2D eigenvalue weighted by atomic mass is 10.2. The van der Waals surface area contributed by atoms with E-state index in [-0.39, 0.29) is 6.42 Å². The molecular weight excluding hydrogens is 194 g/mol. The van der Waals surface area contributed by atoms with Crippen LogP contribution in [0.1, 0.15) is 6.42 Å². The van der Waals surface area contributed by atoms with Crippen LogP contribution >= 0.6 is 12.2 Å². The fraction of sp³-hybridized carbons (Fsp3) is 0.571. The van der Waals surface area contributed by atoms with Crippen molar-refractivity contribution >= 4 is 29.3 Å². The fourth-order valence-corrected chi connectivity index (χ4v) is 0.750. The van der Waals surface area contributed by atoms with Crippen LogP contribution in [0.4, 0.5) is 0 Å². The van der Waals surface area contributed by atoms with E-state index in [0.29, 0.717) is 0 Å². The second kappa shape index (κ2) is 6.28. The van der Waals surface area contributed by atoms with Crippen molar-refractivity contribution in [3.63, 3.8) is 0 Å². The molecule has 6 heteroatoms. The van der Waals surface area contributed by atoms with E-state index in [1.807, 2.05) is 5.16 Å². The summed E-state index contributed by atoms with van der Waals surface area (Å²) in [6.07, 6.45) is -0.188. The number of carbonyl (C=O) groups excluding carboxylic acids is 2. The Bertz CT molecular complexity index is 247. The van der Waals surface area contributed by atoms with E-state index in [9.17, 15) is 9.59 Å². The third-order valence-corrected chi connectivity index (χ3v) is 1.37. The van der Waals surface area contributed by atoms with Crippen LogP contribution in [0.5, 0.6) is 0 Å². The van der Waals surface area contributed by atoms with Crippen LogP contribution in [0.15, 0.2) is 4.99 Å². The number of aliphatic imine (C=N–C) groups is 1. The van der Waals surface area contributed by atoms with Gasteiger partial charge in [0.05, 0.1) is 25.8 Å². The molecule has 0 spiro atoms. The van der Waals surface area contributed by atoms with Gasteiger partial charge in [0.1, 0.15) is 0 Å². The van der Waals surface area contributed by atoms with Gasteiger partial charge in [-0.05, 0) is 12.2 Å². The minimum absolute atomic E-state index is 0.188.